The Balaban J connectivity index is 0.000000167. The van der Waals surface area contributed by atoms with Gasteiger partial charge in [0.25, 0.3) is 11.8 Å². The second-order valence-corrected chi connectivity index (χ2v) is 4.93. The van der Waals surface area contributed by atoms with Crippen LogP contribution in [0.15, 0.2) is 23.8 Å². The van der Waals surface area contributed by atoms with E-state index < -0.39 is 35.8 Å². The fraction of sp³-hybridized carbons (Fsp3) is 0.333. The minimum Gasteiger partial charge on any atom is -0.383 e. The molecule has 0 aromatic rings. The van der Waals surface area contributed by atoms with Crippen molar-refractivity contribution in [2.24, 2.45) is 0 Å². The van der Waals surface area contributed by atoms with Crippen LogP contribution in [0.4, 0.5) is 0 Å². The third kappa shape index (κ3) is 6.52. The average Bonchev–Trinajstić information content (AvgIpc) is 2.93. The minimum atomic E-state index is -1.11. The first-order valence-corrected chi connectivity index (χ1v) is 7.04. The van der Waals surface area contributed by atoms with Gasteiger partial charge in [-0.15, -0.1) is 0 Å². The predicted octanol–water partition coefficient (Wildman–Crippen LogP) is -1.95. The highest BCUT2D eigenvalue weighted by atomic mass is 32.2. The number of nitrogens with one attached hydrogen (secondary N) is 3. The molecular weight excluding hydrogens is 314 g/mol. The molecule has 3 rings (SSSR count). The van der Waals surface area contributed by atoms with Crippen LogP contribution in [0, 0.1) is 0 Å². The standard InChI is InChI=1S/2C4H5NO3.C4H5NS/c2*6-2-1-3(7)5-4(2)8;1-2-4-6-5-3-1/h2*2,6H,1H2,(H,5,7,8);1-5H. The van der Waals surface area contributed by atoms with E-state index in [0.29, 0.717) is 0 Å². The molecule has 2 unspecified atom stereocenters. The van der Waals surface area contributed by atoms with Gasteiger partial charge >= 0.3 is 0 Å². The second kappa shape index (κ2) is 8.97. The van der Waals surface area contributed by atoms with Gasteiger partial charge in [-0.05, 0) is 23.4 Å². The van der Waals surface area contributed by atoms with Crippen molar-refractivity contribution >= 4 is 35.6 Å². The Bertz CT molecular complexity index is 473. The fourth-order valence-electron chi connectivity index (χ4n) is 1.34. The van der Waals surface area contributed by atoms with E-state index in [9.17, 15) is 19.2 Å². The lowest BCUT2D eigenvalue weighted by Crippen LogP contribution is -2.24. The highest BCUT2D eigenvalue weighted by molar-refractivity contribution is 8.00. The average molecular weight is 329 g/mol. The maximum absolute atomic E-state index is 10.2. The van der Waals surface area contributed by atoms with E-state index in [1.54, 1.807) is 11.9 Å². The van der Waals surface area contributed by atoms with Gasteiger partial charge in [-0.25, -0.2) is 0 Å². The number of rotatable bonds is 0. The Kier molecular flexibility index (Phi) is 7.29. The van der Waals surface area contributed by atoms with Crippen LogP contribution in [0.3, 0.4) is 0 Å². The van der Waals surface area contributed by atoms with Crippen LogP contribution < -0.4 is 15.4 Å². The van der Waals surface area contributed by atoms with Crippen molar-refractivity contribution in [2.45, 2.75) is 25.0 Å². The van der Waals surface area contributed by atoms with Gasteiger partial charge in [0.05, 0.1) is 12.8 Å². The first-order chi connectivity index (χ1) is 10.4. The predicted molar refractivity (Wildman–Crippen MR) is 76.6 cm³/mol. The summed E-state index contributed by atoms with van der Waals surface area (Å²) in [6, 6.07) is 0. The lowest BCUT2D eigenvalue weighted by atomic mass is 10.3. The number of hydrogen-bond acceptors (Lipinski definition) is 8. The lowest BCUT2D eigenvalue weighted by molar-refractivity contribution is -0.128. The van der Waals surface area contributed by atoms with E-state index in [-0.39, 0.29) is 12.8 Å². The molecule has 0 radical (unpaired) electrons. The van der Waals surface area contributed by atoms with Gasteiger partial charge in [0, 0.05) is 6.20 Å². The van der Waals surface area contributed by atoms with Gasteiger partial charge in [0.15, 0.2) is 0 Å². The number of amides is 4. The van der Waals surface area contributed by atoms with Crippen LogP contribution in [0.25, 0.3) is 0 Å². The Morgan fingerprint density at radius 2 is 1.41 bits per heavy atom. The summed E-state index contributed by atoms with van der Waals surface area (Å²) in [5.74, 6) is -1.98. The van der Waals surface area contributed by atoms with Crippen molar-refractivity contribution in [3.63, 3.8) is 0 Å². The number of aliphatic hydroxyl groups excluding tert-OH is 2. The summed E-state index contributed by atoms with van der Waals surface area (Å²) in [6.45, 7) is 0. The maximum atomic E-state index is 10.2. The quantitative estimate of drug-likeness (QED) is 0.255. The van der Waals surface area contributed by atoms with E-state index in [1.807, 2.05) is 34.4 Å². The monoisotopic (exact) mass is 329 g/mol. The molecule has 2 atom stereocenters. The topological polar surface area (TPSA) is 145 Å². The maximum Gasteiger partial charge on any atom is 0.255 e. The molecule has 3 heterocycles. The largest absolute Gasteiger partial charge is 0.383 e. The molecule has 3 aliphatic heterocycles. The number of hydrogen-bond donors (Lipinski definition) is 5. The molecule has 0 saturated carbocycles. The molecule has 2 fully saturated rings. The normalized spacial score (nSPS) is 25.4. The van der Waals surface area contributed by atoms with Crippen molar-refractivity contribution in [1.29, 1.82) is 0 Å². The second-order valence-electron chi connectivity index (χ2n) is 4.19. The minimum absolute atomic E-state index is 0.0845. The zero-order valence-corrected chi connectivity index (χ0v) is 12.1. The summed E-state index contributed by atoms with van der Waals surface area (Å²) in [5.41, 5.74) is 0. The molecule has 0 aromatic heterocycles. The van der Waals surface area contributed by atoms with Gasteiger partial charge in [-0.2, -0.15) is 0 Å². The summed E-state index contributed by atoms with van der Waals surface area (Å²) >= 11 is 1.58. The number of aliphatic hydroxyl groups is 2. The van der Waals surface area contributed by atoms with E-state index in [2.05, 4.69) is 4.72 Å². The van der Waals surface area contributed by atoms with E-state index in [0.717, 1.165) is 0 Å². The molecule has 10 heteroatoms. The number of imide groups is 2. The fourth-order valence-corrected chi connectivity index (χ4v) is 1.74. The van der Waals surface area contributed by atoms with Crippen molar-refractivity contribution in [3.8, 4) is 0 Å². The molecular formula is C12H15N3O6S. The third-order valence-corrected chi connectivity index (χ3v) is 2.94. The molecule has 0 aliphatic carbocycles. The van der Waals surface area contributed by atoms with Crippen LogP contribution in [0.2, 0.25) is 0 Å². The van der Waals surface area contributed by atoms with E-state index in [4.69, 9.17) is 10.2 Å². The van der Waals surface area contributed by atoms with Crippen LogP contribution in [0.1, 0.15) is 12.8 Å². The molecule has 22 heavy (non-hydrogen) atoms. The summed E-state index contributed by atoms with van der Waals surface area (Å²) in [6.07, 6.45) is 3.45. The Labute approximate surface area is 130 Å². The van der Waals surface area contributed by atoms with Gasteiger partial charge in [0.2, 0.25) is 11.8 Å². The number of carbonyl (C=O) groups excluding carboxylic acids is 4. The molecule has 0 spiro atoms. The number of allylic oxidation sites excluding steroid dienone is 2. The Morgan fingerprint density at radius 1 is 0.909 bits per heavy atom. The van der Waals surface area contributed by atoms with Crippen molar-refractivity contribution < 1.29 is 29.4 Å². The zero-order chi connectivity index (χ0) is 16.5. The molecule has 120 valence electrons. The van der Waals surface area contributed by atoms with Crippen molar-refractivity contribution in [3.05, 3.63) is 23.8 Å². The number of carbonyl (C=O) groups is 4. The van der Waals surface area contributed by atoms with Crippen LogP contribution in [-0.2, 0) is 19.2 Å². The summed E-state index contributed by atoms with van der Waals surface area (Å²) in [7, 11) is 0. The lowest BCUT2D eigenvalue weighted by Gasteiger charge is -1.93. The van der Waals surface area contributed by atoms with Crippen molar-refractivity contribution in [2.75, 3.05) is 0 Å². The first kappa shape index (κ1) is 17.9. The molecule has 3 aliphatic rings. The molecule has 0 aromatic carbocycles. The highest BCUT2D eigenvalue weighted by Crippen LogP contribution is 1.99. The zero-order valence-electron chi connectivity index (χ0n) is 11.3. The highest BCUT2D eigenvalue weighted by Gasteiger charge is 2.28. The smallest absolute Gasteiger partial charge is 0.255 e. The summed E-state index contributed by atoms with van der Waals surface area (Å²) in [4.78, 5) is 40.7. The van der Waals surface area contributed by atoms with E-state index in [1.165, 1.54) is 0 Å². The summed E-state index contributed by atoms with van der Waals surface area (Å²) in [5, 5.41) is 22.9. The van der Waals surface area contributed by atoms with E-state index >= 15 is 0 Å². The Hall–Kier alpha value is -2.17. The van der Waals surface area contributed by atoms with Gasteiger partial charge in [0.1, 0.15) is 12.2 Å². The molecule has 9 nitrogen and oxygen atoms in total. The van der Waals surface area contributed by atoms with Gasteiger partial charge in [-0.3, -0.25) is 29.8 Å². The van der Waals surface area contributed by atoms with Crippen LogP contribution in [-0.4, -0.2) is 46.0 Å². The third-order valence-electron chi connectivity index (χ3n) is 2.38. The van der Waals surface area contributed by atoms with Crippen molar-refractivity contribution in [1.82, 2.24) is 15.4 Å². The van der Waals surface area contributed by atoms with Crippen LogP contribution in [0.5, 0.6) is 0 Å². The molecule has 4 amide bonds. The van der Waals surface area contributed by atoms with Gasteiger partial charge in [-0.1, -0.05) is 6.08 Å². The SMILES string of the molecule is C1=CNSC=C1.O=C1CC(O)C(=O)N1.O=C1CC(O)C(=O)N1. The molecule has 2 saturated heterocycles. The van der Waals surface area contributed by atoms with Gasteiger partial charge < -0.3 is 14.9 Å². The Morgan fingerprint density at radius 3 is 1.50 bits per heavy atom. The summed E-state index contributed by atoms with van der Waals surface area (Å²) < 4.78 is 2.93. The molecule has 5 N–H and O–H groups in total. The first-order valence-electron chi connectivity index (χ1n) is 6.16. The molecule has 0 bridgehead atoms. The van der Waals surface area contributed by atoms with Crippen LogP contribution >= 0.6 is 11.9 Å².